The molecule has 0 radical (unpaired) electrons. The summed E-state index contributed by atoms with van der Waals surface area (Å²) in [6.45, 7) is 6.32. The maximum absolute atomic E-state index is 12.8. The van der Waals surface area contributed by atoms with Gasteiger partial charge in [-0.15, -0.1) is 0 Å². The lowest BCUT2D eigenvalue weighted by molar-refractivity contribution is -0.166. The van der Waals surface area contributed by atoms with E-state index in [1.807, 2.05) is 12.2 Å². The standard InChI is InChI=1S/C56H92O6/c1-4-7-10-13-16-19-22-25-28-29-32-34-37-40-43-46-49-55(58)61-52-53(62-56(59)50-47-44-41-38-35-31-27-24-21-18-15-12-9-6-3)51-60-54(57)48-45-42-39-36-33-30-26-23-20-17-14-11-8-5-2/h7,9-10,12,16,18-19,21,25,28,30,32-34,40,43,53H,4-6,8,11,13-15,17,20,22-24,26-27,29,31,35-39,41-42,44-52H2,1-3H3/b10-7-,12-9-,19-16-,21-18-,28-25-,33-30-,34-32-,43-40-. The molecule has 0 aliphatic carbocycles. The minimum absolute atomic E-state index is 0.113. The normalized spacial score (nSPS) is 12.9. The number of ether oxygens (including phenoxy) is 3. The van der Waals surface area contributed by atoms with E-state index in [-0.39, 0.29) is 37.5 Å². The Hall–Kier alpha value is -3.67. The summed E-state index contributed by atoms with van der Waals surface area (Å²) >= 11 is 0. The number of unbranched alkanes of at least 4 members (excludes halogenated alkanes) is 17. The van der Waals surface area contributed by atoms with Crippen molar-refractivity contribution < 1.29 is 28.6 Å². The van der Waals surface area contributed by atoms with Gasteiger partial charge in [0.1, 0.15) is 13.2 Å². The van der Waals surface area contributed by atoms with E-state index in [0.717, 1.165) is 103 Å². The molecule has 0 aliphatic heterocycles. The van der Waals surface area contributed by atoms with Gasteiger partial charge in [-0.2, -0.15) is 0 Å². The highest BCUT2D eigenvalue weighted by Gasteiger charge is 2.19. The highest BCUT2D eigenvalue weighted by Crippen LogP contribution is 2.13. The molecule has 1 unspecified atom stereocenters. The number of esters is 3. The fraction of sp³-hybridized carbons (Fsp3) is 0.661. The summed E-state index contributed by atoms with van der Waals surface area (Å²) in [5.41, 5.74) is 0. The molecular weight excluding hydrogens is 769 g/mol. The molecule has 6 heteroatoms. The monoisotopic (exact) mass is 861 g/mol. The average molecular weight is 861 g/mol. The number of carbonyl (C=O) groups is 3. The van der Waals surface area contributed by atoms with E-state index in [1.165, 1.54) is 70.6 Å². The summed E-state index contributed by atoms with van der Waals surface area (Å²) in [6, 6.07) is 0. The second kappa shape index (κ2) is 50.0. The molecule has 0 N–H and O–H groups in total. The third-order valence-electron chi connectivity index (χ3n) is 10.3. The first kappa shape index (κ1) is 58.3. The average Bonchev–Trinajstić information content (AvgIpc) is 3.27. The SMILES string of the molecule is CC/C=C\C/C=C\C/C=C\C/C=C\C/C=C\CCC(=O)OCC(COC(=O)CCCCC/C=C\CCCCCCCCC)OC(=O)CCCCCCCCC/C=C\C/C=C\CC. The van der Waals surface area contributed by atoms with Gasteiger partial charge in [0.2, 0.25) is 0 Å². The molecular formula is C56H92O6. The minimum atomic E-state index is -0.817. The predicted molar refractivity (Wildman–Crippen MR) is 265 cm³/mol. The van der Waals surface area contributed by atoms with Crippen molar-refractivity contribution in [3.8, 4) is 0 Å². The lowest BCUT2D eigenvalue weighted by Crippen LogP contribution is -2.30. The molecule has 6 nitrogen and oxygen atoms in total. The fourth-order valence-corrected chi connectivity index (χ4v) is 6.58. The van der Waals surface area contributed by atoms with Crippen LogP contribution in [0.15, 0.2) is 97.2 Å². The first-order valence-electron chi connectivity index (χ1n) is 25.2. The summed E-state index contributed by atoms with van der Waals surface area (Å²) in [5.74, 6) is -1.03. The first-order valence-corrected chi connectivity index (χ1v) is 25.2. The van der Waals surface area contributed by atoms with Crippen LogP contribution in [0.5, 0.6) is 0 Å². The van der Waals surface area contributed by atoms with Crippen LogP contribution in [0.1, 0.15) is 220 Å². The number of allylic oxidation sites excluding steroid dienone is 16. The summed E-state index contributed by atoms with van der Waals surface area (Å²) < 4.78 is 16.7. The summed E-state index contributed by atoms with van der Waals surface area (Å²) in [7, 11) is 0. The molecule has 0 rings (SSSR count). The highest BCUT2D eigenvalue weighted by molar-refractivity contribution is 5.71. The molecule has 0 aromatic rings. The second-order valence-electron chi connectivity index (χ2n) is 16.3. The van der Waals surface area contributed by atoms with Gasteiger partial charge in [0.25, 0.3) is 0 Å². The van der Waals surface area contributed by atoms with Crippen LogP contribution in [0.3, 0.4) is 0 Å². The number of rotatable bonds is 44. The molecule has 0 aromatic carbocycles. The molecule has 1 atom stereocenters. The topological polar surface area (TPSA) is 78.9 Å². The summed E-state index contributed by atoms with van der Waals surface area (Å²) in [5, 5.41) is 0. The van der Waals surface area contributed by atoms with Crippen LogP contribution in [0.4, 0.5) is 0 Å². The molecule has 0 amide bonds. The Bertz CT molecular complexity index is 1260. The van der Waals surface area contributed by atoms with E-state index < -0.39 is 6.10 Å². The molecule has 0 heterocycles. The van der Waals surface area contributed by atoms with Crippen molar-refractivity contribution in [1.29, 1.82) is 0 Å². The lowest BCUT2D eigenvalue weighted by Gasteiger charge is -2.18. The molecule has 0 saturated carbocycles. The summed E-state index contributed by atoms with van der Waals surface area (Å²) in [6.07, 6.45) is 65.4. The lowest BCUT2D eigenvalue weighted by atomic mass is 10.1. The Morgan fingerprint density at radius 1 is 0.339 bits per heavy atom. The molecule has 0 saturated heterocycles. The maximum atomic E-state index is 12.8. The fourth-order valence-electron chi connectivity index (χ4n) is 6.58. The van der Waals surface area contributed by atoms with E-state index in [9.17, 15) is 14.4 Å². The predicted octanol–water partition coefficient (Wildman–Crippen LogP) is 16.6. The third-order valence-corrected chi connectivity index (χ3v) is 10.3. The van der Waals surface area contributed by atoms with Crippen molar-refractivity contribution in [2.45, 2.75) is 226 Å². The highest BCUT2D eigenvalue weighted by atomic mass is 16.6. The van der Waals surface area contributed by atoms with Gasteiger partial charge in [-0.05, 0) is 103 Å². The van der Waals surface area contributed by atoms with Crippen LogP contribution in [0.25, 0.3) is 0 Å². The van der Waals surface area contributed by atoms with Gasteiger partial charge < -0.3 is 14.2 Å². The van der Waals surface area contributed by atoms with Gasteiger partial charge in [-0.25, -0.2) is 0 Å². The van der Waals surface area contributed by atoms with E-state index in [0.29, 0.717) is 19.3 Å². The van der Waals surface area contributed by atoms with Gasteiger partial charge >= 0.3 is 17.9 Å². The quantitative estimate of drug-likeness (QED) is 0.0263. The van der Waals surface area contributed by atoms with Gasteiger partial charge in [0.15, 0.2) is 6.10 Å². The Morgan fingerprint density at radius 3 is 1.11 bits per heavy atom. The molecule has 352 valence electrons. The Balaban J connectivity index is 4.53. The maximum Gasteiger partial charge on any atom is 0.306 e. The van der Waals surface area contributed by atoms with Gasteiger partial charge in [-0.3, -0.25) is 14.4 Å². The number of carbonyl (C=O) groups excluding carboxylic acids is 3. The van der Waals surface area contributed by atoms with Crippen LogP contribution >= 0.6 is 0 Å². The van der Waals surface area contributed by atoms with Crippen LogP contribution in [-0.2, 0) is 28.6 Å². The van der Waals surface area contributed by atoms with Gasteiger partial charge in [0.05, 0.1) is 0 Å². The van der Waals surface area contributed by atoms with Crippen LogP contribution < -0.4 is 0 Å². The molecule has 0 fully saturated rings. The van der Waals surface area contributed by atoms with Crippen molar-refractivity contribution in [2.75, 3.05) is 13.2 Å². The first-order chi connectivity index (χ1) is 30.5. The van der Waals surface area contributed by atoms with E-state index in [4.69, 9.17) is 14.2 Å². The van der Waals surface area contributed by atoms with Crippen LogP contribution in [0, 0.1) is 0 Å². The van der Waals surface area contributed by atoms with Crippen molar-refractivity contribution in [2.24, 2.45) is 0 Å². The largest absolute Gasteiger partial charge is 0.462 e. The molecule has 62 heavy (non-hydrogen) atoms. The molecule has 0 bridgehead atoms. The van der Waals surface area contributed by atoms with E-state index in [1.54, 1.807) is 0 Å². The number of hydrogen-bond donors (Lipinski definition) is 0. The second-order valence-corrected chi connectivity index (χ2v) is 16.3. The van der Waals surface area contributed by atoms with Crippen LogP contribution in [0.2, 0.25) is 0 Å². The van der Waals surface area contributed by atoms with Gasteiger partial charge in [-0.1, -0.05) is 195 Å². The van der Waals surface area contributed by atoms with Crippen molar-refractivity contribution in [3.63, 3.8) is 0 Å². The van der Waals surface area contributed by atoms with Crippen LogP contribution in [-0.4, -0.2) is 37.2 Å². The van der Waals surface area contributed by atoms with Crippen molar-refractivity contribution in [3.05, 3.63) is 97.2 Å². The Labute approximate surface area is 381 Å². The third kappa shape index (κ3) is 47.4. The van der Waals surface area contributed by atoms with E-state index >= 15 is 0 Å². The zero-order valence-electron chi connectivity index (χ0n) is 40.1. The smallest absolute Gasteiger partial charge is 0.306 e. The molecule has 0 aromatic heterocycles. The zero-order valence-corrected chi connectivity index (χ0v) is 40.1. The Morgan fingerprint density at radius 2 is 0.661 bits per heavy atom. The van der Waals surface area contributed by atoms with Gasteiger partial charge in [0, 0.05) is 19.3 Å². The minimum Gasteiger partial charge on any atom is -0.462 e. The van der Waals surface area contributed by atoms with E-state index in [2.05, 4.69) is 106 Å². The Kier molecular flexibility index (Phi) is 47.0. The summed E-state index contributed by atoms with van der Waals surface area (Å²) in [4.78, 5) is 37.9. The zero-order chi connectivity index (χ0) is 45.1. The molecule has 0 spiro atoms. The molecule has 0 aliphatic rings. The van der Waals surface area contributed by atoms with Crippen molar-refractivity contribution in [1.82, 2.24) is 0 Å². The number of hydrogen-bond acceptors (Lipinski definition) is 6. The van der Waals surface area contributed by atoms with Crippen molar-refractivity contribution >= 4 is 17.9 Å².